The van der Waals surface area contributed by atoms with Gasteiger partial charge in [0.15, 0.2) is 0 Å². The van der Waals surface area contributed by atoms with E-state index in [1.165, 1.54) is 0 Å². The van der Waals surface area contributed by atoms with Gasteiger partial charge >= 0.3 is 5.97 Å². The van der Waals surface area contributed by atoms with Crippen molar-refractivity contribution in [2.45, 2.75) is 27.2 Å². The van der Waals surface area contributed by atoms with Crippen molar-refractivity contribution in [3.63, 3.8) is 0 Å². The Kier molecular flexibility index (Phi) is 11.9. The predicted molar refractivity (Wildman–Crippen MR) is 122 cm³/mol. The predicted octanol–water partition coefficient (Wildman–Crippen LogP) is 5.26. The molecular weight excluding hydrogens is 427 g/mol. The van der Waals surface area contributed by atoms with Gasteiger partial charge in [0.25, 0.3) is 5.97 Å². The van der Waals surface area contributed by atoms with Crippen LogP contribution in [0.25, 0.3) is 0 Å². The summed E-state index contributed by atoms with van der Waals surface area (Å²) in [7, 11) is 0. The van der Waals surface area contributed by atoms with Gasteiger partial charge in [-0.15, -0.1) is 0 Å². The summed E-state index contributed by atoms with van der Waals surface area (Å²) in [5.74, 6) is -1.09. The second-order valence-corrected chi connectivity index (χ2v) is 7.14. The highest BCUT2D eigenvalue weighted by Crippen LogP contribution is 2.33. The van der Waals surface area contributed by atoms with Gasteiger partial charge in [-0.1, -0.05) is 61.3 Å². The first-order valence-corrected chi connectivity index (χ1v) is 10.4. The molecule has 30 heavy (non-hydrogen) atoms. The summed E-state index contributed by atoms with van der Waals surface area (Å²) in [5, 5.41) is 11.7. The molecule has 0 radical (unpaired) electrons. The van der Waals surface area contributed by atoms with E-state index in [0.717, 1.165) is 37.8 Å². The lowest BCUT2D eigenvalue weighted by atomic mass is 10.1. The summed E-state index contributed by atoms with van der Waals surface area (Å²) in [6, 6.07) is 12.9. The third-order valence-corrected chi connectivity index (χ3v) is 4.77. The van der Waals surface area contributed by atoms with Crippen LogP contribution in [0.15, 0.2) is 42.5 Å². The zero-order chi connectivity index (χ0) is 22.5. The van der Waals surface area contributed by atoms with Gasteiger partial charge < -0.3 is 20.1 Å². The Bertz CT molecular complexity index is 802. The number of hydrogen-bond acceptors (Lipinski definition) is 5. The molecule has 0 saturated heterocycles. The largest absolute Gasteiger partial charge is 0.481 e. The van der Waals surface area contributed by atoms with E-state index in [1.54, 1.807) is 18.2 Å². The Hall–Kier alpha value is -2.28. The fraction of sp³-hybridized carbons (Fsp3) is 0.364. The van der Waals surface area contributed by atoms with Crippen molar-refractivity contribution in [3.05, 3.63) is 58.1 Å². The molecule has 2 N–H and O–H groups in total. The zero-order valence-electron chi connectivity index (χ0n) is 17.5. The van der Waals surface area contributed by atoms with Crippen molar-refractivity contribution in [2.75, 3.05) is 31.6 Å². The van der Waals surface area contributed by atoms with Gasteiger partial charge in [0.2, 0.25) is 0 Å². The van der Waals surface area contributed by atoms with Crippen LogP contribution in [0.4, 0.5) is 11.4 Å². The summed E-state index contributed by atoms with van der Waals surface area (Å²) in [5.41, 5.74) is 2.23. The number of carbonyl (C=O) groups is 2. The Morgan fingerprint density at radius 1 is 1.03 bits per heavy atom. The van der Waals surface area contributed by atoms with E-state index in [0.29, 0.717) is 22.3 Å². The molecule has 2 aromatic rings. The van der Waals surface area contributed by atoms with Crippen molar-refractivity contribution >= 4 is 46.5 Å². The molecule has 0 spiro atoms. The topological polar surface area (TPSA) is 78.9 Å². The maximum atomic E-state index is 12.2. The summed E-state index contributed by atoms with van der Waals surface area (Å²) >= 11 is 12.4. The lowest BCUT2D eigenvalue weighted by Gasteiger charge is -2.18. The molecular formula is C22H28Cl2N2O4. The van der Waals surface area contributed by atoms with E-state index in [4.69, 9.17) is 37.8 Å². The number of para-hydroxylation sites is 2. The van der Waals surface area contributed by atoms with Gasteiger partial charge in [0.05, 0.1) is 22.2 Å². The maximum absolute atomic E-state index is 12.2. The highest BCUT2D eigenvalue weighted by Gasteiger charge is 2.12. The SMILES string of the molecule is CC(=O)O.CCN(CC)CCOC(=O)Cc1ccccc1Nc1c(Cl)cccc1Cl. The Labute approximate surface area is 187 Å². The highest BCUT2D eigenvalue weighted by atomic mass is 35.5. The average Bonchev–Trinajstić information content (AvgIpc) is 2.69. The van der Waals surface area contributed by atoms with Gasteiger partial charge in [-0.25, -0.2) is 0 Å². The molecule has 8 heteroatoms. The minimum atomic E-state index is -0.833. The van der Waals surface area contributed by atoms with E-state index < -0.39 is 5.97 Å². The van der Waals surface area contributed by atoms with Gasteiger partial charge in [-0.2, -0.15) is 0 Å². The van der Waals surface area contributed by atoms with Gasteiger partial charge in [-0.05, 0) is 36.9 Å². The summed E-state index contributed by atoms with van der Waals surface area (Å²) in [4.78, 5) is 23.4. The first-order valence-electron chi connectivity index (χ1n) is 9.64. The number of benzene rings is 2. The number of likely N-dealkylation sites (N-methyl/N-ethyl adjacent to an activating group) is 1. The summed E-state index contributed by atoms with van der Waals surface area (Å²) < 4.78 is 5.37. The van der Waals surface area contributed by atoms with E-state index in [9.17, 15) is 4.79 Å². The fourth-order valence-corrected chi connectivity index (χ4v) is 3.08. The minimum absolute atomic E-state index is 0.184. The molecule has 0 aromatic heterocycles. The molecule has 0 aliphatic rings. The fourth-order valence-electron chi connectivity index (χ4n) is 2.58. The van der Waals surface area contributed by atoms with Crippen LogP contribution in [0.3, 0.4) is 0 Å². The molecule has 0 aliphatic heterocycles. The number of carbonyl (C=O) groups excluding carboxylic acids is 1. The standard InChI is InChI=1S/C20H24Cl2N2O2.C2H4O2/c1-3-24(4-2)12-13-26-19(25)14-15-8-5-6-11-18(15)23-20-16(21)9-7-10-17(20)22;1-2(3)4/h5-11,23H,3-4,12-14H2,1-2H3;1H3,(H,3,4). The summed E-state index contributed by atoms with van der Waals surface area (Å²) in [6.45, 7) is 8.29. The quantitative estimate of drug-likeness (QED) is 0.503. The first kappa shape index (κ1) is 25.8. The van der Waals surface area contributed by atoms with Crippen molar-refractivity contribution < 1.29 is 19.4 Å². The van der Waals surface area contributed by atoms with E-state index in [1.807, 2.05) is 24.3 Å². The molecule has 0 unspecified atom stereocenters. The number of rotatable bonds is 9. The van der Waals surface area contributed by atoms with Crippen LogP contribution in [0.2, 0.25) is 10.0 Å². The molecule has 164 valence electrons. The third-order valence-electron chi connectivity index (χ3n) is 4.14. The number of carboxylic acids is 1. The lowest BCUT2D eigenvalue weighted by molar-refractivity contribution is -0.143. The third kappa shape index (κ3) is 9.48. The van der Waals surface area contributed by atoms with Crippen LogP contribution in [0, 0.1) is 0 Å². The molecule has 6 nitrogen and oxygen atoms in total. The van der Waals surface area contributed by atoms with E-state index in [2.05, 4.69) is 24.1 Å². The van der Waals surface area contributed by atoms with Crippen molar-refractivity contribution in [1.29, 1.82) is 0 Å². The number of aliphatic carboxylic acids is 1. The van der Waals surface area contributed by atoms with Crippen molar-refractivity contribution in [2.24, 2.45) is 0 Å². The molecule has 0 aliphatic carbocycles. The minimum Gasteiger partial charge on any atom is -0.481 e. The maximum Gasteiger partial charge on any atom is 0.310 e. The molecule has 0 saturated carbocycles. The van der Waals surface area contributed by atoms with Crippen LogP contribution >= 0.6 is 23.2 Å². The Balaban J connectivity index is 0.00000103. The van der Waals surface area contributed by atoms with Gasteiger partial charge in [0.1, 0.15) is 6.61 Å². The molecule has 2 rings (SSSR count). The number of esters is 1. The van der Waals surface area contributed by atoms with Crippen LogP contribution in [0.1, 0.15) is 26.3 Å². The van der Waals surface area contributed by atoms with E-state index in [-0.39, 0.29) is 12.4 Å². The monoisotopic (exact) mass is 454 g/mol. The van der Waals surface area contributed by atoms with Crippen LogP contribution in [-0.2, 0) is 20.7 Å². The Morgan fingerprint density at radius 3 is 2.17 bits per heavy atom. The molecule has 0 heterocycles. The highest BCUT2D eigenvalue weighted by molar-refractivity contribution is 6.39. The van der Waals surface area contributed by atoms with Gasteiger partial charge in [-0.3, -0.25) is 9.59 Å². The Morgan fingerprint density at radius 2 is 1.60 bits per heavy atom. The van der Waals surface area contributed by atoms with Crippen molar-refractivity contribution in [1.82, 2.24) is 4.90 Å². The van der Waals surface area contributed by atoms with Crippen molar-refractivity contribution in [3.8, 4) is 0 Å². The number of ether oxygens (including phenoxy) is 1. The number of carboxylic acid groups (broad SMARTS) is 1. The van der Waals surface area contributed by atoms with Crippen LogP contribution < -0.4 is 5.32 Å². The first-order chi connectivity index (χ1) is 14.3. The molecule has 2 aromatic carbocycles. The second-order valence-electron chi connectivity index (χ2n) is 6.32. The number of anilines is 2. The summed E-state index contributed by atoms with van der Waals surface area (Å²) in [6.07, 6.45) is 0.184. The van der Waals surface area contributed by atoms with E-state index >= 15 is 0 Å². The van der Waals surface area contributed by atoms with Crippen LogP contribution in [-0.4, -0.2) is 48.2 Å². The smallest absolute Gasteiger partial charge is 0.310 e. The average molecular weight is 455 g/mol. The molecule has 0 amide bonds. The normalized spacial score (nSPS) is 10.2. The number of halogens is 2. The zero-order valence-corrected chi connectivity index (χ0v) is 19.0. The molecule has 0 atom stereocenters. The molecule has 0 bridgehead atoms. The number of nitrogens with one attached hydrogen (secondary N) is 1. The lowest BCUT2D eigenvalue weighted by Crippen LogP contribution is -2.28. The number of nitrogens with zero attached hydrogens (tertiary/aromatic N) is 1. The van der Waals surface area contributed by atoms with Crippen LogP contribution in [0.5, 0.6) is 0 Å². The van der Waals surface area contributed by atoms with Gasteiger partial charge in [0, 0.05) is 19.2 Å². The second kappa shape index (κ2) is 13.9. The molecule has 0 fully saturated rings. The number of hydrogen-bond donors (Lipinski definition) is 2.